The molecule has 1 aromatic carbocycles. The third-order valence-corrected chi connectivity index (χ3v) is 7.40. The van der Waals surface area contributed by atoms with Gasteiger partial charge in [0.05, 0.1) is 12.1 Å². The summed E-state index contributed by atoms with van der Waals surface area (Å²) in [5.41, 5.74) is 7.38. The van der Waals surface area contributed by atoms with Gasteiger partial charge in [-0.3, -0.25) is 14.5 Å². The van der Waals surface area contributed by atoms with E-state index in [-0.39, 0.29) is 37.4 Å². The standard InChI is InChI=1S/C25H26N4O4.ClH/c1-13-20(11-28-9-16-6-17(16)10-28)14(2)26-22(13)7-19-18-5-15(3-4-21(18)27-24(19)31)8-29-23(30)12-33-25(29)32;/h3-5,7,16-17,26H,6,8-12H2,1-2H3,(H,27,31);1H/t16-,17?;/m1./s1. The molecule has 2 N–H and O–H groups in total. The first-order valence-electron chi connectivity index (χ1n) is 11.4. The molecule has 3 fully saturated rings. The molecule has 2 atom stereocenters. The highest BCUT2D eigenvalue weighted by atomic mass is 35.5. The van der Waals surface area contributed by atoms with Gasteiger partial charge in [0, 0.05) is 42.3 Å². The number of halogens is 1. The highest BCUT2D eigenvalue weighted by molar-refractivity contribution is 6.34. The maximum atomic E-state index is 12.8. The number of anilines is 1. The summed E-state index contributed by atoms with van der Waals surface area (Å²) in [5.74, 6) is 1.28. The van der Waals surface area contributed by atoms with Gasteiger partial charge in [-0.2, -0.15) is 0 Å². The average Bonchev–Trinajstić information content (AvgIpc) is 3.00. The van der Waals surface area contributed by atoms with Crippen LogP contribution in [-0.4, -0.2) is 52.4 Å². The van der Waals surface area contributed by atoms with Crippen molar-refractivity contribution in [2.24, 2.45) is 11.8 Å². The van der Waals surface area contributed by atoms with Crippen LogP contribution >= 0.6 is 12.4 Å². The Morgan fingerprint density at radius 2 is 1.88 bits per heavy atom. The first-order valence-corrected chi connectivity index (χ1v) is 11.4. The van der Waals surface area contributed by atoms with Crippen LogP contribution in [0.2, 0.25) is 0 Å². The largest absolute Gasteiger partial charge is 0.439 e. The van der Waals surface area contributed by atoms with Crippen LogP contribution in [0.1, 0.15) is 40.1 Å². The maximum Gasteiger partial charge on any atom is 0.417 e. The van der Waals surface area contributed by atoms with Crippen molar-refractivity contribution in [1.82, 2.24) is 14.8 Å². The van der Waals surface area contributed by atoms with Gasteiger partial charge in [0.15, 0.2) is 6.61 Å². The Morgan fingerprint density at radius 1 is 1.12 bits per heavy atom. The second kappa shape index (κ2) is 8.29. The molecule has 9 heteroatoms. The molecule has 1 aliphatic carbocycles. The minimum absolute atomic E-state index is 0. The average molecular weight is 483 g/mol. The van der Waals surface area contributed by atoms with Crippen LogP contribution in [0.3, 0.4) is 0 Å². The summed E-state index contributed by atoms with van der Waals surface area (Å²) >= 11 is 0. The molecule has 178 valence electrons. The van der Waals surface area contributed by atoms with E-state index >= 15 is 0 Å². The number of carbonyl (C=O) groups is 3. The van der Waals surface area contributed by atoms with Crippen LogP contribution in [0.4, 0.5) is 10.5 Å². The molecule has 3 amide bonds. The van der Waals surface area contributed by atoms with Gasteiger partial charge in [-0.1, -0.05) is 6.07 Å². The molecule has 2 saturated heterocycles. The van der Waals surface area contributed by atoms with Crippen molar-refractivity contribution in [2.45, 2.75) is 33.4 Å². The normalized spacial score (nSPS) is 24.2. The predicted octanol–water partition coefficient (Wildman–Crippen LogP) is 3.48. The molecule has 34 heavy (non-hydrogen) atoms. The molecule has 8 nitrogen and oxygen atoms in total. The predicted molar refractivity (Wildman–Crippen MR) is 129 cm³/mol. The second-order valence-corrected chi connectivity index (χ2v) is 9.64. The van der Waals surface area contributed by atoms with Gasteiger partial charge < -0.3 is 15.0 Å². The quantitative estimate of drug-likeness (QED) is 0.636. The van der Waals surface area contributed by atoms with Crippen molar-refractivity contribution in [1.29, 1.82) is 0 Å². The number of aryl methyl sites for hydroxylation is 1. The summed E-state index contributed by atoms with van der Waals surface area (Å²) < 4.78 is 4.79. The van der Waals surface area contributed by atoms with Crippen molar-refractivity contribution in [3.8, 4) is 0 Å². The third kappa shape index (κ3) is 3.80. The number of nitrogens with zero attached hydrogens (tertiary/aromatic N) is 2. The van der Waals surface area contributed by atoms with E-state index in [0.717, 1.165) is 51.5 Å². The maximum absolute atomic E-state index is 12.8. The smallest absolute Gasteiger partial charge is 0.417 e. The van der Waals surface area contributed by atoms with E-state index in [1.54, 1.807) is 0 Å². The number of imide groups is 1. The molecule has 3 aliphatic heterocycles. The number of benzene rings is 1. The van der Waals surface area contributed by atoms with Gasteiger partial charge in [0.2, 0.25) is 0 Å². The molecule has 0 spiro atoms. The number of ether oxygens (including phenoxy) is 1. The molecule has 4 aliphatic rings. The zero-order valence-corrected chi connectivity index (χ0v) is 20.0. The van der Waals surface area contributed by atoms with E-state index in [9.17, 15) is 14.4 Å². The van der Waals surface area contributed by atoms with Crippen molar-refractivity contribution >= 4 is 47.7 Å². The molecular weight excluding hydrogens is 456 g/mol. The Kier molecular flexibility index (Phi) is 5.53. The van der Waals surface area contributed by atoms with E-state index in [2.05, 4.69) is 29.0 Å². The molecule has 2 aromatic rings. The van der Waals surface area contributed by atoms with E-state index in [1.165, 1.54) is 30.6 Å². The lowest BCUT2D eigenvalue weighted by Gasteiger charge is -2.17. The fourth-order valence-corrected chi connectivity index (χ4v) is 5.38. The highest BCUT2D eigenvalue weighted by Crippen LogP contribution is 2.45. The van der Waals surface area contributed by atoms with Crippen LogP contribution in [0.25, 0.3) is 11.6 Å². The number of cyclic esters (lactones) is 1. The Labute approximate surface area is 203 Å². The van der Waals surface area contributed by atoms with Gasteiger partial charge in [-0.05, 0) is 67.0 Å². The number of aromatic nitrogens is 1. The number of H-pyrrole nitrogens is 1. The number of fused-ring (bicyclic) bond motifs is 2. The summed E-state index contributed by atoms with van der Waals surface area (Å²) in [6, 6.07) is 5.48. The lowest BCUT2D eigenvalue weighted by molar-refractivity contribution is -0.126. The molecule has 6 rings (SSSR count). The van der Waals surface area contributed by atoms with Crippen LogP contribution in [0, 0.1) is 25.7 Å². The Balaban J connectivity index is 0.00000241. The second-order valence-electron chi connectivity index (χ2n) is 9.64. The van der Waals surface area contributed by atoms with Gasteiger partial charge >= 0.3 is 6.09 Å². The van der Waals surface area contributed by atoms with Crippen molar-refractivity contribution in [2.75, 3.05) is 25.0 Å². The minimum atomic E-state index is -0.634. The fourth-order valence-electron chi connectivity index (χ4n) is 5.38. The first-order chi connectivity index (χ1) is 15.9. The number of likely N-dealkylation sites (tertiary alicyclic amines) is 1. The monoisotopic (exact) mass is 482 g/mol. The van der Waals surface area contributed by atoms with Gasteiger partial charge in [-0.25, -0.2) is 9.69 Å². The number of hydrogen-bond acceptors (Lipinski definition) is 5. The zero-order chi connectivity index (χ0) is 22.9. The summed E-state index contributed by atoms with van der Waals surface area (Å²) in [5, 5.41) is 2.91. The lowest BCUT2D eigenvalue weighted by atomic mass is 10.0. The highest BCUT2D eigenvalue weighted by Gasteiger charge is 2.45. The van der Waals surface area contributed by atoms with E-state index < -0.39 is 6.09 Å². The van der Waals surface area contributed by atoms with Gasteiger partial charge in [0.25, 0.3) is 11.8 Å². The lowest BCUT2D eigenvalue weighted by Crippen LogP contribution is -2.28. The molecule has 0 bridgehead atoms. The van der Waals surface area contributed by atoms with E-state index in [1.807, 2.05) is 24.3 Å². The number of nitrogens with one attached hydrogen (secondary N) is 2. The number of hydrogen-bond donors (Lipinski definition) is 2. The summed E-state index contributed by atoms with van der Waals surface area (Å²) in [6.45, 7) is 7.42. The molecule has 4 heterocycles. The topological polar surface area (TPSA) is 94.7 Å². The first kappa shape index (κ1) is 22.7. The Hall–Kier alpha value is -3.10. The molecule has 0 radical (unpaired) electrons. The minimum Gasteiger partial charge on any atom is -0.439 e. The number of piperidine rings is 1. The number of aromatic amines is 1. The summed E-state index contributed by atoms with van der Waals surface area (Å²) in [6.07, 6.45) is 2.67. The molecule has 1 saturated carbocycles. The number of carbonyl (C=O) groups excluding carboxylic acids is 3. The van der Waals surface area contributed by atoms with Crippen molar-refractivity contribution in [3.05, 3.63) is 51.8 Å². The van der Waals surface area contributed by atoms with Crippen molar-refractivity contribution in [3.63, 3.8) is 0 Å². The summed E-state index contributed by atoms with van der Waals surface area (Å²) in [7, 11) is 0. The van der Waals surface area contributed by atoms with E-state index in [0.29, 0.717) is 5.57 Å². The molecular formula is C25H27ClN4O4. The van der Waals surface area contributed by atoms with Gasteiger partial charge in [-0.15, -0.1) is 12.4 Å². The Morgan fingerprint density at radius 3 is 2.59 bits per heavy atom. The van der Waals surface area contributed by atoms with Crippen LogP contribution < -0.4 is 5.32 Å². The van der Waals surface area contributed by atoms with Gasteiger partial charge in [0.1, 0.15) is 0 Å². The molecule has 1 unspecified atom stereocenters. The van der Waals surface area contributed by atoms with Crippen LogP contribution in [0.15, 0.2) is 18.2 Å². The molecule has 1 aromatic heterocycles. The van der Waals surface area contributed by atoms with Crippen LogP contribution in [-0.2, 0) is 27.4 Å². The number of rotatable bonds is 5. The summed E-state index contributed by atoms with van der Waals surface area (Å²) in [4.78, 5) is 43.6. The Bertz CT molecular complexity index is 1220. The SMILES string of the molecule is Cc1[nH]c(C=C2C(=O)Nc3ccc(CN4C(=O)COC4=O)cc32)c(C)c1CN1CC2C[C@@H]2C1.Cl. The van der Waals surface area contributed by atoms with Crippen molar-refractivity contribution < 1.29 is 19.1 Å². The third-order valence-electron chi connectivity index (χ3n) is 7.40. The number of amides is 3. The fraction of sp³-hybridized carbons (Fsp3) is 0.400. The van der Waals surface area contributed by atoms with E-state index in [4.69, 9.17) is 4.74 Å². The van der Waals surface area contributed by atoms with Crippen LogP contribution in [0.5, 0.6) is 0 Å². The zero-order valence-electron chi connectivity index (χ0n) is 19.1.